The van der Waals surface area contributed by atoms with E-state index in [1.807, 2.05) is 0 Å². The van der Waals surface area contributed by atoms with E-state index in [-0.39, 0.29) is 35.0 Å². The first-order chi connectivity index (χ1) is 16.9. The molecule has 0 saturated carbocycles. The molecule has 4 rings (SSSR count). The highest BCUT2D eigenvalue weighted by atomic mass is 19.4. The molecule has 0 radical (unpaired) electrons. The SMILES string of the molecule is C[C@](O)(CC(=O)Nc1nc2ccc(C(F)(F)F)nc2n1-c1ccc(OC(F)F)cc1)c1ccccc1. The molecule has 1 amide bonds. The van der Waals surface area contributed by atoms with Crippen LogP contribution in [-0.2, 0) is 16.6 Å². The summed E-state index contributed by atoms with van der Waals surface area (Å²) in [7, 11) is 0. The number of benzene rings is 2. The van der Waals surface area contributed by atoms with E-state index in [1.54, 1.807) is 30.3 Å². The van der Waals surface area contributed by atoms with Crippen molar-refractivity contribution in [3.8, 4) is 11.4 Å². The van der Waals surface area contributed by atoms with Crippen LogP contribution in [0.3, 0.4) is 0 Å². The Morgan fingerprint density at radius 2 is 1.69 bits per heavy atom. The van der Waals surface area contributed by atoms with Crippen molar-refractivity contribution in [1.82, 2.24) is 14.5 Å². The van der Waals surface area contributed by atoms with Gasteiger partial charge in [-0.1, -0.05) is 30.3 Å². The van der Waals surface area contributed by atoms with Gasteiger partial charge in [-0.15, -0.1) is 0 Å². The Bertz CT molecular complexity index is 1370. The fourth-order valence-corrected chi connectivity index (χ4v) is 3.60. The number of hydrogen-bond acceptors (Lipinski definition) is 5. The van der Waals surface area contributed by atoms with E-state index >= 15 is 0 Å². The van der Waals surface area contributed by atoms with Crippen LogP contribution in [0, 0.1) is 0 Å². The number of alkyl halides is 5. The lowest BCUT2D eigenvalue weighted by Gasteiger charge is -2.23. The minimum absolute atomic E-state index is 0.0426. The molecule has 2 N–H and O–H groups in total. The number of nitrogens with one attached hydrogen (secondary N) is 1. The zero-order valence-corrected chi connectivity index (χ0v) is 18.6. The molecule has 2 aromatic carbocycles. The summed E-state index contributed by atoms with van der Waals surface area (Å²) in [4.78, 5) is 20.7. The second-order valence-electron chi connectivity index (χ2n) is 8.05. The Morgan fingerprint density at radius 1 is 1.03 bits per heavy atom. The molecule has 12 heteroatoms. The van der Waals surface area contributed by atoms with E-state index in [0.717, 1.165) is 16.7 Å². The van der Waals surface area contributed by atoms with Crippen LogP contribution in [0.25, 0.3) is 16.9 Å². The Labute approximate surface area is 201 Å². The first-order valence-corrected chi connectivity index (χ1v) is 10.5. The first kappa shape index (κ1) is 25.0. The zero-order chi connectivity index (χ0) is 26.1. The van der Waals surface area contributed by atoms with Crippen molar-refractivity contribution in [3.63, 3.8) is 0 Å². The predicted molar refractivity (Wildman–Crippen MR) is 120 cm³/mol. The molecule has 0 aliphatic heterocycles. The van der Waals surface area contributed by atoms with Crippen molar-refractivity contribution in [2.24, 2.45) is 0 Å². The number of imidazole rings is 1. The van der Waals surface area contributed by atoms with Gasteiger partial charge in [0.2, 0.25) is 11.9 Å². The molecule has 188 valence electrons. The maximum atomic E-state index is 13.3. The molecule has 0 aliphatic rings. The van der Waals surface area contributed by atoms with Gasteiger partial charge in [0.1, 0.15) is 17.0 Å². The molecule has 0 bridgehead atoms. The molecule has 1 atom stereocenters. The van der Waals surface area contributed by atoms with E-state index < -0.39 is 30.0 Å². The fraction of sp³-hybridized carbons (Fsp3) is 0.208. The smallest absolute Gasteiger partial charge is 0.433 e. The summed E-state index contributed by atoms with van der Waals surface area (Å²) in [5.41, 5.74) is -2.24. The molecule has 4 aromatic rings. The van der Waals surface area contributed by atoms with Gasteiger partial charge in [0.15, 0.2) is 5.65 Å². The number of pyridine rings is 1. The minimum atomic E-state index is -4.74. The molecule has 0 spiro atoms. The molecule has 2 aromatic heterocycles. The van der Waals surface area contributed by atoms with Crippen LogP contribution in [0.5, 0.6) is 5.75 Å². The van der Waals surface area contributed by atoms with Crippen LogP contribution in [0.15, 0.2) is 66.7 Å². The van der Waals surface area contributed by atoms with Crippen LogP contribution in [-0.4, -0.2) is 32.2 Å². The molecule has 0 aliphatic carbocycles. The number of hydrogen-bond donors (Lipinski definition) is 2. The van der Waals surface area contributed by atoms with Gasteiger partial charge in [-0.25, -0.2) is 9.97 Å². The number of carbonyl (C=O) groups excluding carboxylic acids is 1. The number of anilines is 1. The summed E-state index contributed by atoms with van der Waals surface area (Å²) >= 11 is 0. The Morgan fingerprint density at radius 3 is 2.31 bits per heavy atom. The van der Waals surface area contributed by atoms with Gasteiger partial charge < -0.3 is 9.84 Å². The zero-order valence-electron chi connectivity index (χ0n) is 18.6. The van der Waals surface area contributed by atoms with Crippen molar-refractivity contribution in [1.29, 1.82) is 0 Å². The number of amides is 1. The number of halogens is 5. The highest BCUT2D eigenvalue weighted by Gasteiger charge is 2.34. The summed E-state index contributed by atoms with van der Waals surface area (Å²) in [5, 5.41) is 13.3. The van der Waals surface area contributed by atoms with Crippen LogP contribution in [0.1, 0.15) is 24.6 Å². The fourth-order valence-electron chi connectivity index (χ4n) is 3.60. The van der Waals surface area contributed by atoms with Gasteiger partial charge in [0.25, 0.3) is 0 Å². The third kappa shape index (κ3) is 5.43. The van der Waals surface area contributed by atoms with Crippen molar-refractivity contribution >= 4 is 23.0 Å². The topological polar surface area (TPSA) is 89.3 Å². The van der Waals surface area contributed by atoms with Crippen molar-refractivity contribution in [2.75, 3.05) is 5.32 Å². The lowest BCUT2D eigenvalue weighted by Crippen LogP contribution is -2.29. The van der Waals surface area contributed by atoms with Gasteiger partial charge in [0.05, 0.1) is 17.7 Å². The maximum absolute atomic E-state index is 13.3. The van der Waals surface area contributed by atoms with E-state index in [1.165, 1.54) is 31.2 Å². The quantitative estimate of drug-likeness (QED) is 0.333. The lowest BCUT2D eigenvalue weighted by atomic mass is 9.92. The summed E-state index contributed by atoms with van der Waals surface area (Å²) in [6.45, 7) is -1.61. The number of fused-ring (bicyclic) bond motifs is 1. The van der Waals surface area contributed by atoms with Gasteiger partial charge in [0, 0.05) is 0 Å². The Kier molecular flexibility index (Phi) is 6.63. The average molecular weight is 506 g/mol. The highest BCUT2D eigenvalue weighted by Crippen LogP contribution is 2.32. The molecule has 7 nitrogen and oxygen atoms in total. The largest absolute Gasteiger partial charge is 0.435 e. The van der Waals surface area contributed by atoms with E-state index in [4.69, 9.17) is 0 Å². The van der Waals surface area contributed by atoms with Gasteiger partial charge in [-0.2, -0.15) is 22.0 Å². The molecular weight excluding hydrogens is 487 g/mol. The highest BCUT2D eigenvalue weighted by molar-refractivity contribution is 5.92. The molecule has 0 unspecified atom stereocenters. The summed E-state index contributed by atoms with van der Waals surface area (Å²) in [6.07, 6.45) is -5.13. The average Bonchev–Trinajstić information content (AvgIpc) is 3.15. The summed E-state index contributed by atoms with van der Waals surface area (Å²) < 4.78 is 70.4. The number of nitrogens with zero attached hydrogens (tertiary/aromatic N) is 3. The predicted octanol–water partition coefficient (Wildman–Crippen LogP) is 5.28. The Hall–Kier alpha value is -4.06. The van der Waals surface area contributed by atoms with Crippen LogP contribution >= 0.6 is 0 Å². The van der Waals surface area contributed by atoms with Crippen molar-refractivity contribution in [2.45, 2.75) is 31.7 Å². The minimum Gasteiger partial charge on any atom is -0.435 e. The molecule has 0 fully saturated rings. The van der Waals surface area contributed by atoms with Gasteiger partial charge in [-0.05, 0) is 48.9 Å². The van der Waals surface area contributed by atoms with Crippen LogP contribution in [0.2, 0.25) is 0 Å². The van der Waals surface area contributed by atoms with Crippen LogP contribution < -0.4 is 10.1 Å². The summed E-state index contributed by atoms with van der Waals surface area (Å²) in [6, 6.07) is 15.3. The van der Waals surface area contributed by atoms with E-state index in [9.17, 15) is 31.9 Å². The monoisotopic (exact) mass is 506 g/mol. The van der Waals surface area contributed by atoms with Crippen molar-refractivity contribution < 1.29 is 36.6 Å². The second kappa shape index (κ2) is 9.53. The second-order valence-corrected chi connectivity index (χ2v) is 8.05. The number of aromatic nitrogens is 3. The molecule has 2 heterocycles. The number of rotatable bonds is 7. The molecule has 0 saturated heterocycles. The van der Waals surface area contributed by atoms with E-state index in [2.05, 4.69) is 20.0 Å². The third-order valence-electron chi connectivity index (χ3n) is 5.27. The molecule has 36 heavy (non-hydrogen) atoms. The maximum Gasteiger partial charge on any atom is 0.433 e. The van der Waals surface area contributed by atoms with Crippen molar-refractivity contribution in [3.05, 3.63) is 78.0 Å². The van der Waals surface area contributed by atoms with E-state index in [0.29, 0.717) is 5.56 Å². The number of ether oxygens (including phenoxy) is 1. The van der Waals surface area contributed by atoms with Crippen LogP contribution in [0.4, 0.5) is 27.9 Å². The number of aliphatic hydroxyl groups is 1. The van der Waals surface area contributed by atoms with Gasteiger partial charge >= 0.3 is 12.8 Å². The lowest BCUT2D eigenvalue weighted by molar-refractivity contribution is -0.141. The first-order valence-electron chi connectivity index (χ1n) is 10.5. The Balaban J connectivity index is 1.73. The summed E-state index contributed by atoms with van der Waals surface area (Å²) in [5.74, 6) is -1.02. The standard InChI is InChI=1S/C24H19F5N4O3/c1-23(35,14-5-3-2-4-6-14)13-19(34)32-22-30-17-11-12-18(24(27,28)29)31-20(17)33(22)15-7-9-16(10-8-15)36-21(25)26/h2-12,21,35H,13H2,1H3,(H,30,32,34)/t23-/m0/s1. The van der Waals surface area contributed by atoms with Gasteiger partial charge in [-0.3, -0.25) is 14.7 Å². The normalized spacial score (nSPS) is 13.6. The number of carbonyl (C=O) groups is 1. The third-order valence-corrected chi connectivity index (χ3v) is 5.27. The molecular formula is C24H19F5N4O3.